The zero-order chi connectivity index (χ0) is 14.3. The van der Waals surface area contributed by atoms with Crippen LogP contribution in [0.4, 0.5) is 13.2 Å². The van der Waals surface area contributed by atoms with Crippen LogP contribution in [-0.2, 0) is 12.7 Å². The van der Waals surface area contributed by atoms with E-state index in [2.05, 4.69) is 10.2 Å². The zero-order valence-electron chi connectivity index (χ0n) is 11.5. The average molecular weight is 284 g/mol. The van der Waals surface area contributed by atoms with Crippen LogP contribution in [0.1, 0.15) is 16.7 Å². The van der Waals surface area contributed by atoms with Crippen molar-refractivity contribution in [2.24, 2.45) is 11.8 Å². The number of hydrogen-bond acceptors (Lipinski definition) is 2. The molecule has 0 aromatic heterocycles. The highest BCUT2D eigenvalue weighted by Gasteiger charge is 2.36. The summed E-state index contributed by atoms with van der Waals surface area (Å²) in [5.74, 6) is 1.43. The molecule has 2 aliphatic heterocycles. The summed E-state index contributed by atoms with van der Waals surface area (Å²) < 4.78 is 37.9. The Morgan fingerprint density at radius 1 is 1.20 bits per heavy atom. The molecule has 0 aliphatic carbocycles. The molecule has 2 saturated heterocycles. The molecule has 2 aliphatic rings. The average Bonchev–Trinajstić information content (AvgIpc) is 2.90. The van der Waals surface area contributed by atoms with Crippen molar-refractivity contribution < 1.29 is 13.2 Å². The van der Waals surface area contributed by atoms with Crippen molar-refractivity contribution >= 4 is 0 Å². The number of likely N-dealkylation sites (tertiary alicyclic amines) is 1. The third-order valence-corrected chi connectivity index (χ3v) is 4.53. The van der Waals surface area contributed by atoms with E-state index in [9.17, 15) is 13.2 Å². The first-order valence-electron chi connectivity index (χ1n) is 7.03. The van der Waals surface area contributed by atoms with Gasteiger partial charge in [-0.2, -0.15) is 13.2 Å². The molecule has 3 rings (SSSR count). The number of aryl methyl sites for hydroxylation is 1. The van der Waals surface area contributed by atoms with Gasteiger partial charge in [0.05, 0.1) is 5.56 Å². The summed E-state index contributed by atoms with van der Waals surface area (Å²) in [6.07, 6.45) is -4.25. The first kappa shape index (κ1) is 13.9. The van der Waals surface area contributed by atoms with Gasteiger partial charge in [0, 0.05) is 19.6 Å². The van der Waals surface area contributed by atoms with Gasteiger partial charge in [-0.15, -0.1) is 0 Å². The lowest BCUT2D eigenvalue weighted by Crippen LogP contribution is -2.25. The summed E-state index contributed by atoms with van der Waals surface area (Å²) in [7, 11) is 0. The van der Waals surface area contributed by atoms with Gasteiger partial charge in [0.25, 0.3) is 0 Å². The van der Waals surface area contributed by atoms with Crippen molar-refractivity contribution in [2.45, 2.75) is 19.6 Å². The number of hydrogen-bond donors (Lipinski definition) is 1. The number of benzene rings is 1. The van der Waals surface area contributed by atoms with Gasteiger partial charge in [0.15, 0.2) is 0 Å². The summed E-state index contributed by atoms with van der Waals surface area (Å²) in [4.78, 5) is 2.37. The van der Waals surface area contributed by atoms with E-state index in [1.54, 1.807) is 13.0 Å². The molecule has 2 nitrogen and oxygen atoms in total. The monoisotopic (exact) mass is 284 g/mol. The lowest BCUT2D eigenvalue weighted by Gasteiger charge is -2.19. The molecule has 1 aromatic rings. The van der Waals surface area contributed by atoms with E-state index in [0.29, 0.717) is 11.8 Å². The maximum Gasteiger partial charge on any atom is 0.416 e. The smallest absolute Gasteiger partial charge is 0.316 e. The molecule has 5 heteroatoms. The highest BCUT2D eigenvalue weighted by Crippen LogP contribution is 2.32. The number of nitrogens with zero attached hydrogens (tertiary/aromatic N) is 1. The van der Waals surface area contributed by atoms with Crippen LogP contribution in [0.2, 0.25) is 0 Å². The van der Waals surface area contributed by atoms with E-state index in [4.69, 9.17) is 0 Å². The van der Waals surface area contributed by atoms with Crippen molar-refractivity contribution in [2.75, 3.05) is 26.2 Å². The van der Waals surface area contributed by atoms with Gasteiger partial charge in [-0.25, -0.2) is 0 Å². The Morgan fingerprint density at radius 3 is 2.40 bits per heavy atom. The molecule has 0 bridgehead atoms. The molecule has 1 aromatic carbocycles. The number of alkyl halides is 3. The minimum absolute atomic E-state index is 0.554. The van der Waals surface area contributed by atoms with Gasteiger partial charge in [0.1, 0.15) is 0 Å². The standard InChI is InChI=1S/C15H19F3N2/c1-10-4-14(15(16,17)18)3-2-11(10)7-20-8-12-5-19-6-13(12)9-20/h2-4,12-13,19H,5-9H2,1H3/t12-,13+. The second kappa shape index (κ2) is 5.04. The first-order valence-corrected chi connectivity index (χ1v) is 7.03. The fraction of sp³-hybridized carbons (Fsp3) is 0.600. The van der Waals surface area contributed by atoms with Crippen LogP contribution in [0.3, 0.4) is 0 Å². The van der Waals surface area contributed by atoms with Gasteiger partial charge in [-0.3, -0.25) is 4.90 Å². The number of rotatable bonds is 2. The van der Waals surface area contributed by atoms with Gasteiger partial charge < -0.3 is 5.32 Å². The molecule has 2 atom stereocenters. The molecule has 0 unspecified atom stereocenters. The van der Waals surface area contributed by atoms with Gasteiger partial charge >= 0.3 is 6.18 Å². The zero-order valence-corrected chi connectivity index (χ0v) is 11.5. The summed E-state index contributed by atoms with van der Waals surface area (Å²) in [5, 5.41) is 3.39. The Morgan fingerprint density at radius 2 is 1.85 bits per heavy atom. The molecular formula is C15H19F3N2. The van der Waals surface area contributed by atoms with E-state index >= 15 is 0 Å². The molecular weight excluding hydrogens is 265 g/mol. The van der Waals surface area contributed by atoms with Crippen LogP contribution < -0.4 is 5.32 Å². The molecule has 0 spiro atoms. The van der Waals surface area contributed by atoms with E-state index in [0.717, 1.165) is 43.9 Å². The normalized spacial score (nSPS) is 27.0. The quantitative estimate of drug-likeness (QED) is 0.898. The Hall–Kier alpha value is -1.07. The third-order valence-electron chi connectivity index (χ3n) is 4.53. The molecule has 2 heterocycles. The predicted octanol–water partition coefficient (Wildman–Crippen LogP) is 2.67. The molecule has 0 amide bonds. The predicted molar refractivity (Wildman–Crippen MR) is 71.3 cm³/mol. The Kier molecular flexibility index (Phi) is 3.50. The van der Waals surface area contributed by atoms with Crippen LogP contribution >= 0.6 is 0 Å². The van der Waals surface area contributed by atoms with E-state index in [1.165, 1.54) is 12.1 Å². The van der Waals surface area contributed by atoms with Crippen molar-refractivity contribution in [3.05, 3.63) is 34.9 Å². The second-order valence-corrected chi connectivity index (χ2v) is 6.01. The second-order valence-electron chi connectivity index (χ2n) is 6.01. The van der Waals surface area contributed by atoms with E-state index in [-0.39, 0.29) is 0 Å². The largest absolute Gasteiger partial charge is 0.416 e. The highest BCUT2D eigenvalue weighted by atomic mass is 19.4. The van der Waals surface area contributed by atoms with Crippen molar-refractivity contribution in [1.29, 1.82) is 0 Å². The van der Waals surface area contributed by atoms with Gasteiger partial charge in [-0.05, 0) is 55.1 Å². The minimum atomic E-state index is -4.25. The minimum Gasteiger partial charge on any atom is -0.316 e. The lowest BCUT2D eigenvalue weighted by atomic mass is 10.0. The molecule has 1 N–H and O–H groups in total. The summed E-state index contributed by atoms with van der Waals surface area (Å²) in [6.45, 7) is 6.79. The first-order chi connectivity index (χ1) is 9.43. The molecule has 110 valence electrons. The van der Waals surface area contributed by atoms with Crippen LogP contribution in [-0.4, -0.2) is 31.1 Å². The fourth-order valence-electron chi connectivity index (χ4n) is 3.37. The highest BCUT2D eigenvalue weighted by molar-refractivity contribution is 5.32. The van der Waals surface area contributed by atoms with E-state index in [1.807, 2.05) is 0 Å². The molecule has 0 saturated carbocycles. The van der Waals surface area contributed by atoms with Gasteiger partial charge in [-0.1, -0.05) is 6.07 Å². The van der Waals surface area contributed by atoms with Crippen LogP contribution in [0.5, 0.6) is 0 Å². The third kappa shape index (κ3) is 2.69. The van der Waals surface area contributed by atoms with Crippen LogP contribution in [0, 0.1) is 18.8 Å². The molecule has 0 radical (unpaired) electrons. The van der Waals surface area contributed by atoms with E-state index < -0.39 is 11.7 Å². The molecule has 2 fully saturated rings. The number of halogens is 3. The van der Waals surface area contributed by atoms with Crippen molar-refractivity contribution in [3.63, 3.8) is 0 Å². The van der Waals surface area contributed by atoms with Crippen LogP contribution in [0.15, 0.2) is 18.2 Å². The fourth-order valence-corrected chi connectivity index (χ4v) is 3.37. The summed E-state index contributed by atoms with van der Waals surface area (Å²) in [5.41, 5.74) is 1.18. The maximum atomic E-state index is 12.6. The summed E-state index contributed by atoms with van der Waals surface area (Å²) >= 11 is 0. The SMILES string of the molecule is Cc1cc(C(F)(F)F)ccc1CN1C[C@H]2CNC[C@H]2C1. The van der Waals surface area contributed by atoms with Crippen molar-refractivity contribution in [3.8, 4) is 0 Å². The Labute approximate surface area is 117 Å². The lowest BCUT2D eigenvalue weighted by molar-refractivity contribution is -0.137. The topological polar surface area (TPSA) is 15.3 Å². The number of nitrogens with one attached hydrogen (secondary N) is 1. The van der Waals surface area contributed by atoms with Crippen LogP contribution in [0.25, 0.3) is 0 Å². The molecule has 20 heavy (non-hydrogen) atoms. The maximum absolute atomic E-state index is 12.6. The van der Waals surface area contributed by atoms with Gasteiger partial charge in [0.2, 0.25) is 0 Å². The number of fused-ring (bicyclic) bond motifs is 1. The van der Waals surface area contributed by atoms with Crippen molar-refractivity contribution in [1.82, 2.24) is 10.2 Å². The Bertz CT molecular complexity index is 486. The Balaban J connectivity index is 1.69. The summed E-state index contributed by atoms with van der Waals surface area (Å²) in [6, 6.07) is 4.08.